The van der Waals surface area contributed by atoms with Gasteiger partial charge in [0.15, 0.2) is 6.61 Å². The third-order valence-corrected chi connectivity index (χ3v) is 2.28. The normalized spacial score (nSPS) is 9.94. The maximum absolute atomic E-state index is 11.5. The van der Waals surface area contributed by atoms with Gasteiger partial charge in [0, 0.05) is 25.2 Å². The molecule has 0 saturated heterocycles. The fourth-order valence-electron chi connectivity index (χ4n) is 1.13. The van der Waals surface area contributed by atoms with Crippen molar-refractivity contribution < 1.29 is 9.53 Å². The minimum atomic E-state index is -0.106. The fourth-order valence-corrected chi connectivity index (χ4v) is 1.31. The highest BCUT2D eigenvalue weighted by molar-refractivity contribution is 6.30. The van der Waals surface area contributed by atoms with Gasteiger partial charge in [-0.2, -0.15) is 0 Å². The lowest BCUT2D eigenvalue weighted by Crippen LogP contribution is -2.35. The van der Waals surface area contributed by atoms with E-state index in [4.69, 9.17) is 22.1 Å². The fraction of sp³-hybridized carbons (Fsp3) is 0.364. The van der Waals surface area contributed by atoms with Crippen molar-refractivity contribution in [1.82, 2.24) is 4.90 Å². The van der Waals surface area contributed by atoms with Crippen molar-refractivity contribution in [3.05, 3.63) is 29.3 Å². The van der Waals surface area contributed by atoms with Crippen molar-refractivity contribution in [2.24, 2.45) is 5.73 Å². The van der Waals surface area contributed by atoms with Gasteiger partial charge in [0.2, 0.25) is 0 Å². The molecule has 16 heavy (non-hydrogen) atoms. The molecule has 0 atom stereocenters. The molecule has 1 aromatic rings. The summed E-state index contributed by atoms with van der Waals surface area (Å²) < 4.78 is 5.30. The molecule has 0 spiro atoms. The van der Waals surface area contributed by atoms with Gasteiger partial charge in [0.05, 0.1) is 0 Å². The molecule has 0 bridgehead atoms. The van der Waals surface area contributed by atoms with Gasteiger partial charge in [-0.1, -0.05) is 17.7 Å². The summed E-state index contributed by atoms with van der Waals surface area (Å²) in [7, 11) is 1.69. The van der Waals surface area contributed by atoms with Crippen molar-refractivity contribution in [1.29, 1.82) is 0 Å². The lowest BCUT2D eigenvalue weighted by molar-refractivity contribution is -0.131. The number of hydrogen-bond donors (Lipinski definition) is 1. The number of nitrogens with two attached hydrogens (primary N) is 1. The Hall–Kier alpha value is -1.26. The zero-order valence-corrected chi connectivity index (χ0v) is 9.91. The molecule has 0 fully saturated rings. The van der Waals surface area contributed by atoms with Crippen molar-refractivity contribution in [2.45, 2.75) is 0 Å². The molecular weight excluding hydrogens is 228 g/mol. The molecule has 0 saturated carbocycles. The van der Waals surface area contributed by atoms with Crippen LogP contribution in [-0.4, -0.2) is 37.6 Å². The van der Waals surface area contributed by atoms with Crippen molar-refractivity contribution in [3.8, 4) is 5.75 Å². The number of nitrogens with zero attached hydrogens (tertiary/aromatic N) is 1. The summed E-state index contributed by atoms with van der Waals surface area (Å²) >= 11 is 5.78. The van der Waals surface area contributed by atoms with E-state index in [0.29, 0.717) is 23.9 Å². The first-order valence-electron chi connectivity index (χ1n) is 4.96. The number of amides is 1. The molecule has 2 N–H and O–H groups in total. The quantitative estimate of drug-likeness (QED) is 0.842. The van der Waals surface area contributed by atoms with Gasteiger partial charge in [-0.3, -0.25) is 4.79 Å². The second-order valence-corrected chi connectivity index (χ2v) is 3.79. The summed E-state index contributed by atoms with van der Waals surface area (Å²) in [6.07, 6.45) is 0. The number of likely N-dealkylation sites (N-methyl/N-ethyl adjacent to an activating group) is 1. The van der Waals surface area contributed by atoms with Crippen LogP contribution < -0.4 is 10.5 Å². The summed E-state index contributed by atoms with van der Waals surface area (Å²) in [4.78, 5) is 13.0. The van der Waals surface area contributed by atoms with Crippen LogP contribution in [0.4, 0.5) is 0 Å². The Bertz CT molecular complexity index is 358. The van der Waals surface area contributed by atoms with Crippen molar-refractivity contribution >= 4 is 17.5 Å². The average molecular weight is 243 g/mol. The topological polar surface area (TPSA) is 55.6 Å². The highest BCUT2D eigenvalue weighted by atomic mass is 35.5. The third-order valence-electron chi connectivity index (χ3n) is 2.05. The first-order chi connectivity index (χ1) is 7.63. The lowest BCUT2D eigenvalue weighted by atomic mass is 10.3. The van der Waals surface area contributed by atoms with Gasteiger partial charge in [0.1, 0.15) is 5.75 Å². The molecule has 0 heterocycles. The molecule has 0 aliphatic heterocycles. The summed E-state index contributed by atoms with van der Waals surface area (Å²) in [5.74, 6) is 0.479. The van der Waals surface area contributed by atoms with E-state index in [-0.39, 0.29) is 12.5 Å². The predicted octanol–water partition coefficient (Wildman–Crippen LogP) is 1.14. The largest absolute Gasteiger partial charge is 0.484 e. The Balaban J connectivity index is 2.42. The monoisotopic (exact) mass is 242 g/mol. The first kappa shape index (κ1) is 12.8. The van der Waals surface area contributed by atoms with Gasteiger partial charge in [0.25, 0.3) is 5.91 Å². The lowest BCUT2D eigenvalue weighted by Gasteiger charge is -2.16. The number of hydrogen-bond acceptors (Lipinski definition) is 3. The molecule has 1 amide bonds. The molecular formula is C11H15ClN2O2. The zero-order chi connectivity index (χ0) is 12.0. The molecule has 5 heteroatoms. The Kier molecular flexibility index (Phi) is 5.08. The summed E-state index contributed by atoms with van der Waals surface area (Å²) in [6.45, 7) is 0.966. The van der Waals surface area contributed by atoms with Gasteiger partial charge < -0.3 is 15.4 Å². The Morgan fingerprint density at radius 1 is 1.56 bits per heavy atom. The molecule has 1 aromatic carbocycles. The van der Waals surface area contributed by atoms with Crippen LogP contribution in [-0.2, 0) is 4.79 Å². The highest BCUT2D eigenvalue weighted by Gasteiger charge is 2.08. The van der Waals surface area contributed by atoms with Crippen LogP contribution in [0.5, 0.6) is 5.75 Å². The molecule has 88 valence electrons. The van der Waals surface area contributed by atoms with Gasteiger partial charge in [-0.25, -0.2) is 0 Å². The van der Waals surface area contributed by atoms with Crippen LogP contribution in [0.1, 0.15) is 0 Å². The highest BCUT2D eigenvalue weighted by Crippen LogP contribution is 2.16. The molecule has 0 radical (unpaired) electrons. The number of halogens is 1. The second kappa shape index (κ2) is 6.35. The Morgan fingerprint density at radius 3 is 2.94 bits per heavy atom. The molecule has 0 unspecified atom stereocenters. The number of rotatable bonds is 5. The number of benzene rings is 1. The minimum Gasteiger partial charge on any atom is -0.484 e. The van der Waals surface area contributed by atoms with E-state index in [1.165, 1.54) is 4.90 Å². The van der Waals surface area contributed by atoms with Gasteiger partial charge in [-0.15, -0.1) is 0 Å². The van der Waals surface area contributed by atoms with E-state index in [1.807, 2.05) is 0 Å². The van der Waals surface area contributed by atoms with Crippen LogP contribution >= 0.6 is 11.6 Å². The SMILES string of the molecule is CN(CCN)C(=O)COc1cccc(Cl)c1. The molecule has 0 aromatic heterocycles. The van der Waals surface area contributed by atoms with Crippen LogP contribution in [0.25, 0.3) is 0 Å². The number of ether oxygens (including phenoxy) is 1. The Morgan fingerprint density at radius 2 is 2.31 bits per heavy atom. The van der Waals surface area contributed by atoms with Crippen LogP contribution in [0.3, 0.4) is 0 Å². The molecule has 1 rings (SSSR count). The van der Waals surface area contributed by atoms with E-state index < -0.39 is 0 Å². The van der Waals surface area contributed by atoms with Gasteiger partial charge >= 0.3 is 0 Å². The van der Waals surface area contributed by atoms with Crippen molar-refractivity contribution in [2.75, 3.05) is 26.7 Å². The maximum Gasteiger partial charge on any atom is 0.260 e. The molecule has 0 aliphatic carbocycles. The Labute approximate surface area is 99.9 Å². The zero-order valence-electron chi connectivity index (χ0n) is 9.15. The van der Waals surface area contributed by atoms with Crippen LogP contribution in [0.15, 0.2) is 24.3 Å². The standard InChI is InChI=1S/C11H15ClN2O2/c1-14(6-5-13)11(15)8-16-10-4-2-3-9(12)7-10/h2-4,7H,5-6,8,13H2,1H3. The van der Waals surface area contributed by atoms with E-state index in [9.17, 15) is 4.79 Å². The third kappa shape index (κ3) is 4.08. The summed E-state index contributed by atoms with van der Waals surface area (Å²) in [6, 6.07) is 6.93. The second-order valence-electron chi connectivity index (χ2n) is 3.35. The smallest absolute Gasteiger partial charge is 0.260 e. The predicted molar refractivity (Wildman–Crippen MR) is 63.6 cm³/mol. The minimum absolute atomic E-state index is 0.00313. The van der Waals surface area contributed by atoms with Crippen LogP contribution in [0.2, 0.25) is 5.02 Å². The van der Waals surface area contributed by atoms with E-state index >= 15 is 0 Å². The van der Waals surface area contributed by atoms with E-state index in [2.05, 4.69) is 0 Å². The average Bonchev–Trinajstić information content (AvgIpc) is 2.26. The van der Waals surface area contributed by atoms with Crippen molar-refractivity contribution in [3.63, 3.8) is 0 Å². The molecule has 4 nitrogen and oxygen atoms in total. The van der Waals surface area contributed by atoms with E-state index in [0.717, 1.165) is 0 Å². The number of carbonyl (C=O) groups is 1. The molecule has 0 aliphatic rings. The first-order valence-corrected chi connectivity index (χ1v) is 5.33. The van der Waals surface area contributed by atoms with E-state index in [1.54, 1.807) is 31.3 Å². The maximum atomic E-state index is 11.5. The van der Waals surface area contributed by atoms with Gasteiger partial charge in [-0.05, 0) is 18.2 Å². The summed E-state index contributed by atoms with van der Waals surface area (Å²) in [5, 5.41) is 0.584. The summed E-state index contributed by atoms with van der Waals surface area (Å²) in [5.41, 5.74) is 5.34. The number of carbonyl (C=O) groups excluding carboxylic acids is 1. The van der Waals surface area contributed by atoms with Crippen LogP contribution in [0, 0.1) is 0 Å².